The van der Waals surface area contributed by atoms with Crippen molar-refractivity contribution in [1.29, 1.82) is 0 Å². The summed E-state index contributed by atoms with van der Waals surface area (Å²) in [5.74, 6) is 1.22. The van der Waals surface area contributed by atoms with E-state index in [1.807, 2.05) is 54.0 Å². The first-order valence-electron chi connectivity index (χ1n) is 8.59. The fourth-order valence-electron chi connectivity index (χ4n) is 2.84. The van der Waals surface area contributed by atoms with E-state index < -0.39 is 0 Å². The number of rotatable bonds is 6. The van der Waals surface area contributed by atoms with Gasteiger partial charge in [-0.15, -0.1) is 10.2 Å². The molecule has 0 bridgehead atoms. The van der Waals surface area contributed by atoms with Crippen LogP contribution in [0.25, 0.3) is 17.3 Å². The van der Waals surface area contributed by atoms with E-state index in [1.54, 1.807) is 24.5 Å². The quantitative estimate of drug-likeness (QED) is 0.252. The van der Waals surface area contributed by atoms with E-state index in [4.69, 9.17) is 4.42 Å². The molecule has 0 aliphatic heterocycles. The summed E-state index contributed by atoms with van der Waals surface area (Å²) < 4.78 is 7.45. The molecule has 0 N–H and O–H groups in total. The second kappa shape index (κ2) is 7.69. The van der Waals surface area contributed by atoms with Crippen LogP contribution < -0.4 is 0 Å². The highest BCUT2D eigenvalue weighted by Gasteiger charge is 2.21. The Balaban J connectivity index is 1.72. The molecular formula is C20H16N4O3S. The van der Waals surface area contributed by atoms with Gasteiger partial charge in [0.2, 0.25) is 5.82 Å². The monoisotopic (exact) mass is 392 g/mol. The lowest BCUT2D eigenvalue weighted by Crippen LogP contribution is -2.00. The fourth-order valence-corrected chi connectivity index (χ4v) is 3.82. The molecule has 4 rings (SSSR count). The summed E-state index contributed by atoms with van der Waals surface area (Å²) in [5, 5.41) is 20.4. The zero-order valence-corrected chi connectivity index (χ0v) is 15.7. The molecule has 0 aliphatic carbocycles. The molecule has 1 atom stereocenters. The van der Waals surface area contributed by atoms with Gasteiger partial charge in [-0.2, -0.15) is 0 Å². The van der Waals surface area contributed by atoms with Crippen molar-refractivity contribution < 1.29 is 9.34 Å². The highest BCUT2D eigenvalue weighted by molar-refractivity contribution is 7.99. The van der Waals surface area contributed by atoms with E-state index in [1.165, 1.54) is 17.8 Å². The van der Waals surface area contributed by atoms with Crippen LogP contribution in [0.2, 0.25) is 0 Å². The van der Waals surface area contributed by atoms with Crippen LogP contribution in [0.4, 0.5) is 5.69 Å². The maximum Gasteiger partial charge on any atom is 0.269 e. The molecule has 0 fully saturated rings. The van der Waals surface area contributed by atoms with Crippen molar-refractivity contribution in [2.24, 2.45) is 0 Å². The van der Waals surface area contributed by atoms with Crippen LogP contribution in [-0.4, -0.2) is 19.7 Å². The van der Waals surface area contributed by atoms with Gasteiger partial charge in [-0.25, -0.2) is 0 Å². The lowest BCUT2D eigenvalue weighted by molar-refractivity contribution is -0.384. The van der Waals surface area contributed by atoms with E-state index in [9.17, 15) is 10.1 Å². The van der Waals surface area contributed by atoms with Gasteiger partial charge in [0.15, 0.2) is 10.9 Å². The number of hydrogen-bond donors (Lipinski definition) is 0. The van der Waals surface area contributed by atoms with Crippen LogP contribution in [0.1, 0.15) is 17.7 Å². The van der Waals surface area contributed by atoms with Crippen molar-refractivity contribution in [2.75, 3.05) is 0 Å². The van der Waals surface area contributed by atoms with Gasteiger partial charge in [-0.1, -0.05) is 42.1 Å². The highest BCUT2D eigenvalue weighted by atomic mass is 32.2. The minimum atomic E-state index is -0.387. The van der Waals surface area contributed by atoms with Gasteiger partial charge in [0.1, 0.15) is 0 Å². The first kappa shape index (κ1) is 18.0. The summed E-state index contributed by atoms with van der Waals surface area (Å²) in [6.07, 6.45) is 1.60. The van der Waals surface area contributed by atoms with Gasteiger partial charge < -0.3 is 4.42 Å². The first-order chi connectivity index (χ1) is 13.6. The topological polar surface area (TPSA) is 87.0 Å². The van der Waals surface area contributed by atoms with Gasteiger partial charge >= 0.3 is 0 Å². The van der Waals surface area contributed by atoms with E-state index in [-0.39, 0.29) is 15.9 Å². The molecule has 4 aromatic rings. The lowest BCUT2D eigenvalue weighted by Gasteiger charge is -2.13. The zero-order chi connectivity index (χ0) is 19.5. The molecule has 28 heavy (non-hydrogen) atoms. The van der Waals surface area contributed by atoms with Gasteiger partial charge in [0.05, 0.1) is 11.2 Å². The van der Waals surface area contributed by atoms with E-state index >= 15 is 0 Å². The van der Waals surface area contributed by atoms with Crippen LogP contribution in [0, 0.1) is 10.1 Å². The number of furan rings is 1. The predicted octanol–water partition coefficient (Wildman–Crippen LogP) is 5.29. The molecule has 0 aliphatic rings. The Morgan fingerprint density at radius 2 is 1.89 bits per heavy atom. The maximum atomic E-state index is 11.1. The Morgan fingerprint density at radius 1 is 1.07 bits per heavy atom. The number of hydrogen-bond acceptors (Lipinski definition) is 6. The second-order valence-electron chi connectivity index (χ2n) is 6.07. The van der Waals surface area contributed by atoms with E-state index in [2.05, 4.69) is 10.2 Å². The molecule has 1 unspecified atom stereocenters. The SMILES string of the molecule is CC(Sc1nnc(-c2ccco2)n1-c1ccccc1)c1cccc([N+](=O)[O-])c1. The molecule has 0 saturated heterocycles. The summed E-state index contributed by atoms with van der Waals surface area (Å²) in [6.45, 7) is 1.99. The number of non-ortho nitro benzene ring substituents is 1. The van der Waals surface area contributed by atoms with Crippen LogP contribution in [0.3, 0.4) is 0 Å². The zero-order valence-electron chi connectivity index (χ0n) is 14.9. The van der Waals surface area contributed by atoms with Crippen molar-refractivity contribution >= 4 is 17.4 Å². The fraction of sp³-hybridized carbons (Fsp3) is 0.100. The van der Waals surface area contributed by atoms with Crippen molar-refractivity contribution in [1.82, 2.24) is 14.8 Å². The molecule has 0 saturated carbocycles. The van der Waals surface area contributed by atoms with Gasteiger partial charge in [0.25, 0.3) is 5.69 Å². The molecule has 2 aromatic heterocycles. The third kappa shape index (κ3) is 3.54. The summed E-state index contributed by atoms with van der Waals surface area (Å²) in [5.41, 5.74) is 1.83. The van der Waals surface area contributed by atoms with Gasteiger partial charge in [-0.3, -0.25) is 14.7 Å². The average molecular weight is 392 g/mol. The summed E-state index contributed by atoms with van der Waals surface area (Å²) in [7, 11) is 0. The Hall–Kier alpha value is -3.39. The van der Waals surface area contributed by atoms with Crippen LogP contribution in [-0.2, 0) is 0 Å². The summed E-state index contributed by atoms with van der Waals surface area (Å²) in [4.78, 5) is 10.7. The predicted molar refractivity (Wildman–Crippen MR) is 106 cm³/mol. The van der Waals surface area contributed by atoms with Gasteiger partial charge in [-0.05, 0) is 36.8 Å². The standard InChI is InChI=1S/C20H16N4O3S/c1-14(15-7-5-10-17(13-15)24(25)26)28-20-22-21-19(18-11-6-12-27-18)23(20)16-8-3-2-4-9-16/h2-14H,1H3. The molecule has 140 valence electrons. The van der Waals surface area contributed by atoms with Crippen molar-refractivity contribution in [3.8, 4) is 17.3 Å². The van der Waals surface area contributed by atoms with Crippen LogP contribution in [0.15, 0.2) is 82.6 Å². The largest absolute Gasteiger partial charge is 0.461 e. The summed E-state index contributed by atoms with van der Waals surface area (Å²) in [6, 6.07) is 20.1. The third-order valence-corrected chi connectivity index (χ3v) is 5.32. The minimum absolute atomic E-state index is 0.0592. The third-order valence-electron chi connectivity index (χ3n) is 4.22. The lowest BCUT2D eigenvalue weighted by atomic mass is 10.1. The minimum Gasteiger partial charge on any atom is -0.461 e. The van der Waals surface area contributed by atoms with Crippen molar-refractivity contribution in [3.05, 3.63) is 88.7 Å². The Bertz CT molecular complexity index is 1090. The number of aromatic nitrogens is 3. The molecule has 2 heterocycles. The van der Waals surface area contributed by atoms with Crippen molar-refractivity contribution in [2.45, 2.75) is 17.3 Å². The maximum absolute atomic E-state index is 11.1. The van der Waals surface area contributed by atoms with Gasteiger partial charge in [0, 0.05) is 23.1 Å². The Labute approximate surface area is 165 Å². The van der Waals surface area contributed by atoms with Crippen LogP contribution >= 0.6 is 11.8 Å². The molecule has 0 amide bonds. The normalized spacial score (nSPS) is 12.0. The molecule has 7 nitrogen and oxygen atoms in total. The van der Waals surface area contributed by atoms with Crippen molar-refractivity contribution in [3.63, 3.8) is 0 Å². The number of para-hydroxylation sites is 1. The smallest absolute Gasteiger partial charge is 0.269 e. The van der Waals surface area contributed by atoms with Crippen LogP contribution in [0.5, 0.6) is 0 Å². The van der Waals surface area contributed by atoms with E-state index in [0.29, 0.717) is 16.7 Å². The number of thioether (sulfide) groups is 1. The number of nitro groups is 1. The number of nitro benzene ring substituents is 1. The second-order valence-corrected chi connectivity index (χ2v) is 7.37. The first-order valence-corrected chi connectivity index (χ1v) is 9.47. The number of nitrogens with zero attached hydrogens (tertiary/aromatic N) is 4. The molecule has 0 radical (unpaired) electrons. The molecular weight excluding hydrogens is 376 g/mol. The average Bonchev–Trinajstić information content (AvgIpc) is 3.38. The summed E-state index contributed by atoms with van der Waals surface area (Å²) >= 11 is 1.48. The molecule has 0 spiro atoms. The Morgan fingerprint density at radius 3 is 2.61 bits per heavy atom. The number of benzene rings is 2. The molecule has 8 heteroatoms. The highest BCUT2D eigenvalue weighted by Crippen LogP contribution is 2.37. The van der Waals surface area contributed by atoms with E-state index in [0.717, 1.165) is 11.3 Å². The molecule has 2 aromatic carbocycles. The Kier molecular flexibility index (Phi) is 4.94.